The summed E-state index contributed by atoms with van der Waals surface area (Å²) in [6.07, 6.45) is 17.7. The van der Waals surface area contributed by atoms with Crippen molar-refractivity contribution in [2.45, 2.75) is 102 Å². The van der Waals surface area contributed by atoms with Gasteiger partial charge in [-0.1, -0.05) is 57.6 Å². The standard InChI is InChI=1S/C21H37O7P/c1-2-3-10-13-19-20(27-19)14-11-8-6-4-5-7-9-12-15-21(22)25-16-18-17-26-29(23,24)28-18/h8,11,18-20H,2-7,9-10,12-17H2,1H3,(H,23,24)/b11-8-. The van der Waals surface area contributed by atoms with Crippen molar-refractivity contribution in [3.05, 3.63) is 12.2 Å². The zero-order valence-corrected chi connectivity index (χ0v) is 18.5. The fourth-order valence-electron chi connectivity index (χ4n) is 3.41. The Kier molecular flexibility index (Phi) is 11.5. The van der Waals surface area contributed by atoms with Crippen LogP contribution in [-0.4, -0.2) is 42.4 Å². The second kappa shape index (κ2) is 13.6. The maximum Gasteiger partial charge on any atom is 0.472 e. The van der Waals surface area contributed by atoms with Gasteiger partial charge in [-0.25, -0.2) is 4.57 Å². The SMILES string of the molecule is CCCCCC1OC1C/C=C\CCCCCCCC(=O)OCC1COP(=O)(O)O1. The second-order valence-electron chi connectivity index (χ2n) is 7.90. The van der Waals surface area contributed by atoms with Crippen molar-refractivity contribution < 1.29 is 32.8 Å². The van der Waals surface area contributed by atoms with Gasteiger partial charge in [0.2, 0.25) is 0 Å². The molecule has 2 aliphatic rings. The van der Waals surface area contributed by atoms with Crippen LogP contribution in [0.2, 0.25) is 0 Å². The van der Waals surface area contributed by atoms with Gasteiger partial charge in [0.15, 0.2) is 0 Å². The van der Waals surface area contributed by atoms with E-state index in [1.807, 2.05) is 0 Å². The third-order valence-corrected chi connectivity index (χ3v) is 6.24. The molecule has 4 unspecified atom stereocenters. The van der Waals surface area contributed by atoms with Gasteiger partial charge in [0.05, 0.1) is 18.8 Å². The van der Waals surface area contributed by atoms with Crippen LogP contribution < -0.4 is 0 Å². The van der Waals surface area contributed by atoms with Gasteiger partial charge in [0.1, 0.15) is 12.7 Å². The number of hydrogen-bond donors (Lipinski definition) is 1. The average Bonchev–Trinajstić information content (AvgIpc) is 3.34. The molecule has 2 heterocycles. The Labute approximate surface area is 174 Å². The highest BCUT2D eigenvalue weighted by Gasteiger charge is 2.36. The number of carbonyl (C=O) groups is 1. The Hall–Kier alpha value is -0.720. The van der Waals surface area contributed by atoms with E-state index in [1.54, 1.807) is 0 Å². The van der Waals surface area contributed by atoms with Gasteiger partial charge in [-0.3, -0.25) is 13.8 Å². The van der Waals surface area contributed by atoms with Crippen molar-refractivity contribution in [3.8, 4) is 0 Å². The average molecular weight is 432 g/mol. The molecule has 0 aromatic heterocycles. The number of hydrogen-bond acceptors (Lipinski definition) is 6. The van der Waals surface area contributed by atoms with Crippen molar-refractivity contribution in [1.82, 2.24) is 0 Å². The zero-order valence-electron chi connectivity index (χ0n) is 17.6. The van der Waals surface area contributed by atoms with Gasteiger partial charge in [0, 0.05) is 6.42 Å². The molecule has 0 amide bonds. The number of rotatable bonds is 16. The first-order chi connectivity index (χ1) is 14.0. The molecule has 4 atom stereocenters. The molecule has 8 heteroatoms. The van der Waals surface area contributed by atoms with E-state index in [-0.39, 0.29) is 19.2 Å². The lowest BCUT2D eigenvalue weighted by Gasteiger charge is -2.08. The number of unbranched alkanes of at least 4 members (excludes halogenated alkanes) is 7. The Bertz CT molecular complexity index is 551. The van der Waals surface area contributed by atoms with Gasteiger partial charge < -0.3 is 14.4 Å². The predicted molar refractivity (Wildman–Crippen MR) is 110 cm³/mol. The minimum Gasteiger partial charge on any atom is -0.463 e. The van der Waals surface area contributed by atoms with E-state index in [0.717, 1.165) is 38.5 Å². The lowest BCUT2D eigenvalue weighted by atomic mass is 10.1. The fourth-order valence-corrected chi connectivity index (χ4v) is 4.32. The van der Waals surface area contributed by atoms with E-state index >= 15 is 0 Å². The minimum atomic E-state index is -3.92. The number of esters is 1. The molecule has 2 fully saturated rings. The molecular weight excluding hydrogens is 395 g/mol. The lowest BCUT2D eigenvalue weighted by molar-refractivity contribution is -0.146. The summed E-state index contributed by atoms with van der Waals surface area (Å²) < 4.78 is 31.1. The van der Waals surface area contributed by atoms with E-state index in [9.17, 15) is 9.36 Å². The van der Waals surface area contributed by atoms with E-state index in [1.165, 1.54) is 32.1 Å². The molecule has 29 heavy (non-hydrogen) atoms. The number of carbonyl (C=O) groups excluding carboxylic acids is 1. The first-order valence-corrected chi connectivity index (χ1v) is 12.6. The maximum atomic E-state index is 11.7. The summed E-state index contributed by atoms with van der Waals surface area (Å²) in [6.45, 7) is 2.16. The number of phosphoric ester groups is 1. The molecule has 7 nitrogen and oxygen atoms in total. The zero-order chi connectivity index (χ0) is 21.0. The van der Waals surface area contributed by atoms with Crippen LogP contribution in [0.4, 0.5) is 0 Å². The summed E-state index contributed by atoms with van der Waals surface area (Å²) in [4.78, 5) is 20.7. The van der Waals surface area contributed by atoms with Gasteiger partial charge in [-0.2, -0.15) is 0 Å². The van der Waals surface area contributed by atoms with Crippen molar-refractivity contribution in [2.75, 3.05) is 13.2 Å². The number of epoxide rings is 1. The molecule has 0 spiro atoms. The van der Waals surface area contributed by atoms with Crippen molar-refractivity contribution in [1.29, 1.82) is 0 Å². The number of allylic oxidation sites excluding steroid dienone is 1. The topological polar surface area (TPSA) is 94.6 Å². The first-order valence-electron chi connectivity index (χ1n) is 11.1. The maximum absolute atomic E-state index is 11.7. The molecule has 0 aromatic rings. The Balaban J connectivity index is 1.33. The molecule has 2 aliphatic heterocycles. The summed E-state index contributed by atoms with van der Waals surface area (Å²) in [5.74, 6) is -0.300. The van der Waals surface area contributed by atoms with Crippen molar-refractivity contribution in [2.24, 2.45) is 0 Å². The molecule has 1 N–H and O–H groups in total. The van der Waals surface area contributed by atoms with E-state index in [2.05, 4.69) is 23.6 Å². The van der Waals surface area contributed by atoms with Gasteiger partial charge in [-0.05, 0) is 32.1 Å². The summed E-state index contributed by atoms with van der Waals surface area (Å²) in [5.41, 5.74) is 0. The lowest BCUT2D eigenvalue weighted by Crippen LogP contribution is -2.20. The molecule has 0 radical (unpaired) electrons. The van der Waals surface area contributed by atoms with E-state index in [4.69, 9.17) is 18.9 Å². The molecule has 2 saturated heterocycles. The summed E-state index contributed by atoms with van der Waals surface area (Å²) in [7, 11) is -3.92. The van der Waals surface area contributed by atoms with Crippen LogP contribution in [0.15, 0.2) is 12.2 Å². The molecule has 0 saturated carbocycles. The normalized spacial score (nSPS) is 28.8. The molecule has 168 valence electrons. The largest absolute Gasteiger partial charge is 0.472 e. The monoisotopic (exact) mass is 432 g/mol. The van der Waals surface area contributed by atoms with Crippen molar-refractivity contribution >= 4 is 13.8 Å². The molecule has 2 rings (SSSR count). The Morgan fingerprint density at radius 1 is 1.10 bits per heavy atom. The summed E-state index contributed by atoms with van der Waals surface area (Å²) >= 11 is 0. The number of phosphoric acid groups is 1. The second-order valence-corrected chi connectivity index (χ2v) is 9.30. The Morgan fingerprint density at radius 3 is 2.66 bits per heavy atom. The van der Waals surface area contributed by atoms with Crippen LogP contribution >= 0.6 is 7.82 Å². The van der Waals surface area contributed by atoms with Gasteiger partial charge in [-0.15, -0.1) is 0 Å². The third kappa shape index (κ3) is 11.3. The minimum absolute atomic E-state index is 0.0251. The summed E-state index contributed by atoms with van der Waals surface area (Å²) in [5, 5.41) is 0. The van der Waals surface area contributed by atoms with Crippen LogP contribution in [0.3, 0.4) is 0 Å². The summed E-state index contributed by atoms with van der Waals surface area (Å²) in [6, 6.07) is 0. The smallest absolute Gasteiger partial charge is 0.463 e. The van der Waals surface area contributed by atoms with Crippen LogP contribution in [0, 0.1) is 0 Å². The van der Waals surface area contributed by atoms with Crippen LogP contribution in [0.25, 0.3) is 0 Å². The number of ether oxygens (including phenoxy) is 2. The van der Waals surface area contributed by atoms with Gasteiger partial charge >= 0.3 is 13.8 Å². The predicted octanol–water partition coefficient (Wildman–Crippen LogP) is 5.07. The molecule has 0 aromatic carbocycles. The quantitative estimate of drug-likeness (QED) is 0.120. The molecular formula is C21H37O7P. The Morgan fingerprint density at radius 2 is 1.90 bits per heavy atom. The molecule has 0 aliphatic carbocycles. The highest BCUT2D eigenvalue weighted by atomic mass is 31.2. The molecule has 0 bridgehead atoms. The fraction of sp³-hybridized carbons (Fsp3) is 0.857. The van der Waals surface area contributed by atoms with Crippen LogP contribution in [-0.2, 0) is 27.9 Å². The highest BCUT2D eigenvalue weighted by molar-refractivity contribution is 7.47. The van der Waals surface area contributed by atoms with Crippen LogP contribution in [0.1, 0.15) is 84.0 Å². The van der Waals surface area contributed by atoms with Crippen LogP contribution in [0.5, 0.6) is 0 Å². The van der Waals surface area contributed by atoms with Crippen molar-refractivity contribution in [3.63, 3.8) is 0 Å². The van der Waals surface area contributed by atoms with E-state index < -0.39 is 13.9 Å². The third-order valence-electron chi connectivity index (χ3n) is 5.20. The van der Waals surface area contributed by atoms with Gasteiger partial charge in [0.25, 0.3) is 0 Å². The highest BCUT2D eigenvalue weighted by Crippen LogP contribution is 2.49. The first kappa shape index (κ1) is 24.5. The van der Waals surface area contributed by atoms with E-state index in [0.29, 0.717) is 18.6 Å².